The number of carboxylic acids is 1. The number of carbonyl (C=O) groups excluding carboxylic acids is 2. The van der Waals surface area contributed by atoms with Crippen LogP contribution in [0.3, 0.4) is 0 Å². The minimum atomic E-state index is -1.42. The maximum atomic E-state index is 11.8. The summed E-state index contributed by atoms with van der Waals surface area (Å²) in [6.07, 6.45) is 10.8. The lowest BCUT2D eigenvalue weighted by molar-refractivity contribution is -0.165. The average Bonchev–Trinajstić information content (AvgIpc) is 2.64. The molecule has 0 aliphatic carbocycles. The molecule has 1 N–H and O–H groups in total. The Morgan fingerprint density at radius 1 is 0.704 bits per heavy atom. The van der Waals surface area contributed by atoms with Gasteiger partial charge in [0.25, 0.3) is 0 Å². The number of carboxylic acid groups (broad SMARTS) is 1. The topological polar surface area (TPSA) is 89.9 Å². The van der Waals surface area contributed by atoms with Crippen LogP contribution in [0.1, 0.15) is 97.8 Å². The van der Waals surface area contributed by atoms with Gasteiger partial charge in [-0.2, -0.15) is 0 Å². The summed E-state index contributed by atoms with van der Waals surface area (Å²) in [5.41, 5.74) is -1.42. The largest absolute Gasteiger partial charge is 0.481 e. The maximum Gasteiger partial charge on any atom is 0.316 e. The smallest absolute Gasteiger partial charge is 0.316 e. The Balaban J connectivity index is 4.13. The van der Waals surface area contributed by atoms with Gasteiger partial charge in [0.2, 0.25) is 0 Å². The SMILES string of the molecule is CCCCCCCC(=O)OCC(C)(COC(=O)CCCCCCC)C(=O)O. The van der Waals surface area contributed by atoms with E-state index in [0.29, 0.717) is 0 Å². The van der Waals surface area contributed by atoms with Crippen LogP contribution in [0.5, 0.6) is 0 Å². The molecule has 0 saturated carbocycles. The van der Waals surface area contributed by atoms with E-state index >= 15 is 0 Å². The molecule has 6 heteroatoms. The van der Waals surface area contributed by atoms with E-state index in [0.717, 1.165) is 64.2 Å². The highest BCUT2D eigenvalue weighted by atomic mass is 16.6. The number of ether oxygens (including phenoxy) is 2. The molecule has 0 amide bonds. The number of carbonyl (C=O) groups is 3. The van der Waals surface area contributed by atoms with Gasteiger partial charge >= 0.3 is 17.9 Å². The third-order valence-corrected chi connectivity index (χ3v) is 4.59. The molecule has 27 heavy (non-hydrogen) atoms. The standard InChI is InChI=1S/C21H38O6/c1-4-6-8-10-12-14-18(22)26-16-21(3,20(24)25)17-27-19(23)15-13-11-9-7-5-2/h4-17H2,1-3H3,(H,24,25). The summed E-state index contributed by atoms with van der Waals surface area (Å²) in [7, 11) is 0. The van der Waals surface area contributed by atoms with Gasteiger partial charge in [-0.1, -0.05) is 65.2 Å². The Morgan fingerprint density at radius 3 is 1.41 bits per heavy atom. The third kappa shape index (κ3) is 13.3. The van der Waals surface area contributed by atoms with E-state index in [1.165, 1.54) is 6.92 Å². The van der Waals surface area contributed by atoms with Gasteiger partial charge < -0.3 is 14.6 Å². The molecule has 0 fully saturated rings. The Bertz CT molecular complexity index is 402. The van der Waals surface area contributed by atoms with Crippen molar-refractivity contribution >= 4 is 17.9 Å². The van der Waals surface area contributed by atoms with Gasteiger partial charge in [-0.3, -0.25) is 14.4 Å². The van der Waals surface area contributed by atoms with Crippen molar-refractivity contribution in [3.05, 3.63) is 0 Å². The summed E-state index contributed by atoms with van der Waals surface area (Å²) >= 11 is 0. The Labute approximate surface area is 164 Å². The molecule has 0 bridgehead atoms. The van der Waals surface area contributed by atoms with Crippen molar-refractivity contribution in [1.82, 2.24) is 0 Å². The molecule has 0 unspecified atom stereocenters. The van der Waals surface area contributed by atoms with E-state index in [1.807, 2.05) is 0 Å². The monoisotopic (exact) mass is 386 g/mol. The van der Waals surface area contributed by atoms with Gasteiger partial charge in [0.1, 0.15) is 18.6 Å². The number of aliphatic carboxylic acids is 1. The Hall–Kier alpha value is -1.59. The fourth-order valence-corrected chi connectivity index (χ4v) is 2.53. The normalized spacial score (nSPS) is 11.2. The van der Waals surface area contributed by atoms with Crippen LogP contribution < -0.4 is 0 Å². The molecule has 0 rings (SSSR count). The molecule has 0 aromatic rings. The molecule has 0 aliphatic heterocycles. The first-order valence-electron chi connectivity index (χ1n) is 10.4. The van der Waals surface area contributed by atoms with Crippen molar-refractivity contribution in [2.75, 3.05) is 13.2 Å². The summed E-state index contributed by atoms with van der Waals surface area (Å²) in [6, 6.07) is 0. The zero-order valence-corrected chi connectivity index (χ0v) is 17.4. The number of hydrogen-bond acceptors (Lipinski definition) is 5. The van der Waals surface area contributed by atoms with Crippen LogP contribution in [0.2, 0.25) is 0 Å². The predicted octanol–water partition coefficient (Wildman–Crippen LogP) is 4.88. The first-order chi connectivity index (χ1) is 12.9. The summed E-state index contributed by atoms with van der Waals surface area (Å²) in [5.74, 6) is -1.95. The van der Waals surface area contributed by atoms with Crippen LogP contribution in [-0.2, 0) is 23.9 Å². The molecule has 0 radical (unpaired) electrons. The maximum absolute atomic E-state index is 11.8. The molecule has 0 aromatic heterocycles. The average molecular weight is 387 g/mol. The molecular formula is C21H38O6. The van der Waals surface area contributed by atoms with Gasteiger partial charge in [0, 0.05) is 12.8 Å². The molecule has 0 saturated heterocycles. The second kappa shape index (κ2) is 15.5. The minimum absolute atomic E-state index is 0.289. The Morgan fingerprint density at radius 2 is 1.07 bits per heavy atom. The number of rotatable bonds is 17. The number of esters is 2. The van der Waals surface area contributed by atoms with Crippen LogP contribution in [0.25, 0.3) is 0 Å². The molecule has 0 spiro atoms. The van der Waals surface area contributed by atoms with Crippen LogP contribution in [0, 0.1) is 5.41 Å². The van der Waals surface area contributed by atoms with Crippen LogP contribution in [0.4, 0.5) is 0 Å². The zero-order valence-electron chi connectivity index (χ0n) is 17.4. The minimum Gasteiger partial charge on any atom is -0.481 e. The van der Waals surface area contributed by atoms with Crippen molar-refractivity contribution in [1.29, 1.82) is 0 Å². The van der Waals surface area contributed by atoms with Gasteiger partial charge in [-0.05, 0) is 19.8 Å². The zero-order chi connectivity index (χ0) is 20.5. The lowest BCUT2D eigenvalue weighted by Crippen LogP contribution is -2.39. The van der Waals surface area contributed by atoms with E-state index in [1.54, 1.807) is 0 Å². The predicted molar refractivity (Wildman–Crippen MR) is 104 cm³/mol. The van der Waals surface area contributed by atoms with E-state index in [9.17, 15) is 19.5 Å². The van der Waals surface area contributed by atoms with Crippen molar-refractivity contribution in [2.45, 2.75) is 97.8 Å². The molecule has 0 aliphatic rings. The van der Waals surface area contributed by atoms with Gasteiger partial charge in [-0.15, -0.1) is 0 Å². The van der Waals surface area contributed by atoms with Crippen molar-refractivity contribution < 1.29 is 29.0 Å². The van der Waals surface area contributed by atoms with Gasteiger partial charge in [-0.25, -0.2) is 0 Å². The number of unbranched alkanes of at least 4 members (excludes halogenated alkanes) is 8. The highest BCUT2D eigenvalue weighted by Gasteiger charge is 2.36. The summed E-state index contributed by atoms with van der Waals surface area (Å²) < 4.78 is 10.2. The Kier molecular flexibility index (Phi) is 14.6. The fourth-order valence-electron chi connectivity index (χ4n) is 2.53. The molecular weight excluding hydrogens is 348 g/mol. The van der Waals surface area contributed by atoms with E-state index < -0.39 is 23.3 Å². The van der Waals surface area contributed by atoms with Gasteiger partial charge in [0.05, 0.1) is 0 Å². The number of hydrogen-bond donors (Lipinski definition) is 1. The van der Waals surface area contributed by atoms with Gasteiger partial charge in [0.15, 0.2) is 0 Å². The molecule has 0 atom stereocenters. The summed E-state index contributed by atoms with van der Waals surface area (Å²) in [5, 5.41) is 9.42. The summed E-state index contributed by atoms with van der Waals surface area (Å²) in [4.78, 5) is 35.1. The van der Waals surface area contributed by atoms with E-state index in [2.05, 4.69) is 13.8 Å². The first kappa shape index (κ1) is 25.4. The highest BCUT2D eigenvalue weighted by Crippen LogP contribution is 2.19. The molecule has 6 nitrogen and oxygen atoms in total. The summed E-state index contributed by atoms with van der Waals surface area (Å²) in [6.45, 7) is 5.10. The molecule has 158 valence electrons. The lowest BCUT2D eigenvalue weighted by Gasteiger charge is -2.24. The lowest BCUT2D eigenvalue weighted by atomic mass is 9.93. The van der Waals surface area contributed by atoms with Crippen LogP contribution in [-0.4, -0.2) is 36.2 Å². The highest BCUT2D eigenvalue weighted by molar-refractivity contribution is 5.76. The third-order valence-electron chi connectivity index (χ3n) is 4.59. The van der Waals surface area contributed by atoms with Crippen molar-refractivity contribution in [3.63, 3.8) is 0 Å². The fraction of sp³-hybridized carbons (Fsp3) is 0.857. The second-order valence-electron chi connectivity index (χ2n) is 7.52. The molecule has 0 heterocycles. The van der Waals surface area contributed by atoms with Crippen LogP contribution in [0.15, 0.2) is 0 Å². The van der Waals surface area contributed by atoms with Crippen molar-refractivity contribution in [3.8, 4) is 0 Å². The van der Waals surface area contributed by atoms with Crippen LogP contribution >= 0.6 is 0 Å². The van der Waals surface area contributed by atoms with E-state index in [-0.39, 0.29) is 26.1 Å². The first-order valence-corrected chi connectivity index (χ1v) is 10.4. The van der Waals surface area contributed by atoms with Crippen molar-refractivity contribution in [2.24, 2.45) is 5.41 Å². The van der Waals surface area contributed by atoms with E-state index in [4.69, 9.17) is 9.47 Å². The second-order valence-corrected chi connectivity index (χ2v) is 7.52. The molecule has 0 aromatic carbocycles. The quantitative estimate of drug-likeness (QED) is 0.283.